The lowest BCUT2D eigenvalue weighted by molar-refractivity contribution is -0.121. The van der Waals surface area contributed by atoms with Gasteiger partial charge in [0.15, 0.2) is 5.17 Å². The first-order chi connectivity index (χ1) is 7.64. The van der Waals surface area contributed by atoms with Crippen LogP contribution in [0.5, 0.6) is 0 Å². The maximum Gasteiger partial charge on any atom is 0.242 e. The molecule has 0 radical (unpaired) electrons. The van der Waals surface area contributed by atoms with Crippen molar-refractivity contribution in [3.05, 3.63) is 0 Å². The summed E-state index contributed by atoms with van der Waals surface area (Å²) >= 11 is 1.58. The summed E-state index contributed by atoms with van der Waals surface area (Å²) < 4.78 is -0.309. The van der Waals surface area contributed by atoms with Crippen molar-refractivity contribution in [1.29, 1.82) is 0 Å². The van der Waals surface area contributed by atoms with Crippen LogP contribution >= 0.6 is 11.8 Å². The van der Waals surface area contributed by atoms with E-state index >= 15 is 0 Å². The monoisotopic (exact) mass is 241 g/mol. The van der Waals surface area contributed by atoms with E-state index in [0.29, 0.717) is 5.92 Å². The quantitative estimate of drug-likeness (QED) is 0.758. The summed E-state index contributed by atoms with van der Waals surface area (Å²) in [7, 11) is 1.72. The molecule has 0 saturated carbocycles. The second kappa shape index (κ2) is 4.75. The van der Waals surface area contributed by atoms with Crippen LogP contribution in [0.3, 0.4) is 0 Å². The fraction of sp³-hybridized carbons (Fsp3) is 0.818. The number of aliphatic imine (C=N–C) groups is 1. The van der Waals surface area contributed by atoms with Gasteiger partial charge < -0.3 is 10.6 Å². The fourth-order valence-corrected chi connectivity index (χ4v) is 3.51. The van der Waals surface area contributed by atoms with Crippen LogP contribution < -0.4 is 10.6 Å². The zero-order chi connectivity index (χ0) is 11.6. The second-order valence-electron chi connectivity index (χ2n) is 4.71. The number of carbonyl (C=O) groups is 1. The summed E-state index contributed by atoms with van der Waals surface area (Å²) in [4.78, 5) is 16.0. The SMILES string of the molecule is CN=C1NC(=O)C(C)(CC2CCNCC2)S1. The molecule has 2 N–H and O–H groups in total. The highest BCUT2D eigenvalue weighted by Crippen LogP contribution is 2.38. The van der Waals surface area contributed by atoms with Gasteiger partial charge in [0.05, 0.1) is 4.75 Å². The lowest BCUT2D eigenvalue weighted by atomic mass is 9.87. The van der Waals surface area contributed by atoms with Crippen LogP contribution in [0.4, 0.5) is 0 Å². The highest BCUT2D eigenvalue weighted by molar-refractivity contribution is 8.16. The highest BCUT2D eigenvalue weighted by Gasteiger charge is 2.43. The van der Waals surface area contributed by atoms with Gasteiger partial charge in [-0.25, -0.2) is 0 Å². The zero-order valence-electron chi connectivity index (χ0n) is 9.88. The Labute approximate surface area is 101 Å². The first-order valence-electron chi connectivity index (χ1n) is 5.82. The minimum atomic E-state index is -0.309. The van der Waals surface area contributed by atoms with Crippen molar-refractivity contribution in [2.75, 3.05) is 20.1 Å². The van der Waals surface area contributed by atoms with E-state index in [1.54, 1.807) is 18.8 Å². The van der Waals surface area contributed by atoms with Crippen molar-refractivity contribution >= 4 is 22.8 Å². The van der Waals surface area contributed by atoms with E-state index in [0.717, 1.165) is 24.7 Å². The Balaban J connectivity index is 1.99. The maximum absolute atomic E-state index is 11.9. The van der Waals surface area contributed by atoms with Crippen LogP contribution in [0.2, 0.25) is 0 Å². The maximum atomic E-state index is 11.9. The van der Waals surface area contributed by atoms with Crippen molar-refractivity contribution in [1.82, 2.24) is 10.6 Å². The van der Waals surface area contributed by atoms with Gasteiger partial charge in [0.2, 0.25) is 5.91 Å². The van der Waals surface area contributed by atoms with Gasteiger partial charge in [0, 0.05) is 7.05 Å². The van der Waals surface area contributed by atoms with Crippen LogP contribution in [0.1, 0.15) is 26.2 Å². The lowest BCUT2D eigenvalue weighted by Crippen LogP contribution is -2.38. The molecule has 1 amide bonds. The summed E-state index contributed by atoms with van der Waals surface area (Å²) in [5, 5.41) is 6.96. The minimum absolute atomic E-state index is 0.122. The average molecular weight is 241 g/mol. The molecule has 1 atom stereocenters. The van der Waals surface area contributed by atoms with Crippen LogP contribution in [0.15, 0.2) is 4.99 Å². The summed E-state index contributed by atoms with van der Waals surface area (Å²) in [6.07, 6.45) is 3.33. The predicted octanol–water partition coefficient (Wildman–Crippen LogP) is 0.984. The molecule has 90 valence electrons. The van der Waals surface area contributed by atoms with Crippen molar-refractivity contribution < 1.29 is 4.79 Å². The molecule has 2 aliphatic rings. The molecular formula is C11H19N3OS. The Bertz CT molecular complexity index is 312. The van der Waals surface area contributed by atoms with E-state index in [1.807, 2.05) is 6.92 Å². The molecule has 2 fully saturated rings. The number of nitrogens with zero attached hydrogens (tertiary/aromatic N) is 1. The third-order valence-corrected chi connectivity index (χ3v) is 4.64. The van der Waals surface area contributed by atoms with E-state index in [4.69, 9.17) is 0 Å². The second-order valence-corrected chi connectivity index (χ2v) is 6.21. The van der Waals surface area contributed by atoms with Crippen molar-refractivity contribution in [3.63, 3.8) is 0 Å². The summed E-state index contributed by atoms with van der Waals surface area (Å²) in [5.74, 6) is 0.789. The van der Waals surface area contributed by atoms with E-state index < -0.39 is 0 Å². The van der Waals surface area contributed by atoms with Crippen molar-refractivity contribution in [2.45, 2.75) is 30.9 Å². The van der Waals surface area contributed by atoms with Crippen LogP contribution in [0.25, 0.3) is 0 Å². The van der Waals surface area contributed by atoms with Gasteiger partial charge in [-0.05, 0) is 45.2 Å². The van der Waals surface area contributed by atoms with Gasteiger partial charge in [-0.1, -0.05) is 11.8 Å². The molecule has 2 aliphatic heterocycles. The molecule has 0 aromatic rings. The average Bonchev–Trinajstić information content (AvgIpc) is 2.56. The number of amides is 1. The number of hydrogen-bond donors (Lipinski definition) is 2. The molecule has 4 nitrogen and oxygen atoms in total. The molecule has 5 heteroatoms. The molecule has 16 heavy (non-hydrogen) atoms. The topological polar surface area (TPSA) is 53.5 Å². The Morgan fingerprint density at radius 3 is 2.75 bits per heavy atom. The molecule has 1 unspecified atom stereocenters. The molecular weight excluding hydrogens is 222 g/mol. The van der Waals surface area contributed by atoms with Gasteiger partial charge >= 0.3 is 0 Å². The number of thioether (sulfide) groups is 1. The lowest BCUT2D eigenvalue weighted by Gasteiger charge is -2.28. The summed E-state index contributed by atoms with van der Waals surface area (Å²) in [6.45, 7) is 4.21. The molecule has 0 bridgehead atoms. The number of amidine groups is 1. The van der Waals surface area contributed by atoms with Crippen molar-refractivity contribution in [2.24, 2.45) is 10.9 Å². The third kappa shape index (κ3) is 2.40. The van der Waals surface area contributed by atoms with E-state index in [9.17, 15) is 4.79 Å². The Kier molecular flexibility index (Phi) is 3.54. The van der Waals surface area contributed by atoms with Crippen LogP contribution in [-0.4, -0.2) is 36.0 Å². The normalized spacial score (nSPS) is 34.4. The van der Waals surface area contributed by atoms with E-state index in [-0.39, 0.29) is 10.7 Å². The number of rotatable bonds is 2. The molecule has 2 heterocycles. The number of piperidine rings is 1. The van der Waals surface area contributed by atoms with Gasteiger partial charge in [-0.15, -0.1) is 0 Å². The molecule has 0 spiro atoms. The Hall–Kier alpha value is -0.550. The van der Waals surface area contributed by atoms with Crippen molar-refractivity contribution in [3.8, 4) is 0 Å². The van der Waals surface area contributed by atoms with Gasteiger partial charge in [-0.3, -0.25) is 9.79 Å². The Morgan fingerprint density at radius 1 is 1.50 bits per heavy atom. The number of hydrogen-bond acceptors (Lipinski definition) is 4. The van der Waals surface area contributed by atoms with Gasteiger partial charge in [0.25, 0.3) is 0 Å². The van der Waals surface area contributed by atoms with E-state index in [2.05, 4.69) is 15.6 Å². The zero-order valence-corrected chi connectivity index (χ0v) is 10.7. The fourth-order valence-electron chi connectivity index (χ4n) is 2.39. The molecule has 2 rings (SSSR count). The van der Waals surface area contributed by atoms with Gasteiger partial charge in [0.1, 0.15) is 0 Å². The smallest absolute Gasteiger partial charge is 0.242 e. The minimum Gasteiger partial charge on any atom is -0.317 e. The van der Waals surface area contributed by atoms with Gasteiger partial charge in [-0.2, -0.15) is 0 Å². The highest BCUT2D eigenvalue weighted by atomic mass is 32.2. The van der Waals surface area contributed by atoms with E-state index in [1.165, 1.54) is 12.8 Å². The predicted molar refractivity (Wildman–Crippen MR) is 67.7 cm³/mol. The molecule has 2 saturated heterocycles. The molecule has 0 aromatic heterocycles. The first kappa shape index (κ1) is 11.9. The standard InChI is InChI=1S/C11H19N3OS/c1-11(7-8-3-5-13-6-4-8)9(15)14-10(12-2)16-11/h8,13H,3-7H2,1-2H3,(H,12,14,15). The largest absolute Gasteiger partial charge is 0.317 e. The molecule has 0 aliphatic carbocycles. The first-order valence-corrected chi connectivity index (χ1v) is 6.64. The summed E-state index contributed by atoms with van der Waals surface area (Å²) in [6, 6.07) is 0. The molecule has 0 aromatic carbocycles. The number of carbonyl (C=O) groups excluding carboxylic acids is 1. The Morgan fingerprint density at radius 2 is 2.19 bits per heavy atom. The van der Waals surface area contributed by atoms with Crippen LogP contribution in [-0.2, 0) is 4.79 Å². The van der Waals surface area contributed by atoms with Crippen LogP contribution in [0, 0.1) is 5.92 Å². The summed E-state index contributed by atoms with van der Waals surface area (Å²) in [5.41, 5.74) is 0. The third-order valence-electron chi connectivity index (χ3n) is 3.36. The number of nitrogens with one attached hydrogen (secondary N) is 2.